The van der Waals surface area contributed by atoms with Crippen LogP contribution in [0.5, 0.6) is 5.75 Å². The van der Waals surface area contributed by atoms with E-state index in [0.29, 0.717) is 11.5 Å². The van der Waals surface area contributed by atoms with Gasteiger partial charge in [0, 0.05) is 11.5 Å². The fourth-order valence-corrected chi connectivity index (χ4v) is 3.98. The maximum atomic E-state index is 13.0. The van der Waals surface area contributed by atoms with Crippen molar-refractivity contribution in [3.8, 4) is 28.0 Å². The lowest BCUT2D eigenvalue weighted by Crippen LogP contribution is -2.12. The van der Waals surface area contributed by atoms with E-state index in [9.17, 15) is 4.79 Å². The van der Waals surface area contributed by atoms with Crippen LogP contribution in [0.2, 0.25) is 0 Å². The van der Waals surface area contributed by atoms with Gasteiger partial charge in [-0.1, -0.05) is 61.7 Å². The number of ether oxygens (including phenoxy) is 1. The summed E-state index contributed by atoms with van der Waals surface area (Å²) in [5.74, 6) is 1.94. The second-order valence-electron chi connectivity index (χ2n) is 7.15. The monoisotopic (exact) mass is 360 g/mol. The molecule has 138 valence electrons. The van der Waals surface area contributed by atoms with Gasteiger partial charge >= 0.3 is 5.63 Å². The third-order valence-corrected chi connectivity index (χ3v) is 5.44. The van der Waals surface area contributed by atoms with Crippen molar-refractivity contribution < 1.29 is 9.15 Å². The molecule has 0 unspecified atom stereocenters. The third-order valence-electron chi connectivity index (χ3n) is 5.44. The number of hydrogen-bond acceptors (Lipinski definition) is 3. The van der Waals surface area contributed by atoms with Gasteiger partial charge in [-0.15, -0.1) is 0 Å². The maximum absolute atomic E-state index is 13.0. The van der Waals surface area contributed by atoms with Gasteiger partial charge in [0.1, 0.15) is 11.5 Å². The molecule has 0 aliphatic heterocycles. The second-order valence-corrected chi connectivity index (χ2v) is 7.15. The van der Waals surface area contributed by atoms with Gasteiger partial charge in [0.25, 0.3) is 0 Å². The molecule has 0 spiro atoms. The summed E-state index contributed by atoms with van der Waals surface area (Å²) in [5, 5.41) is 0. The van der Waals surface area contributed by atoms with E-state index in [-0.39, 0.29) is 5.63 Å². The Morgan fingerprint density at radius 3 is 2.26 bits per heavy atom. The summed E-state index contributed by atoms with van der Waals surface area (Å²) in [6, 6.07) is 19.8. The van der Waals surface area contributed by atoms with E-state index < -0.39 is 0 Å². The molecule has 0 atom stereocenters. The molecule has 0 amide bonds. The minimum atomic E-state index is -0.262. The molecule has 1 fully saturated rings. The summed E-state index contributed by atoms with van der Waals surface area (Å²) >= 11 is 0. The van der Waals surface area contributed by atoms with Crippen molar-refractivity contribution in [2.24, 2.45) is 0 Å². The number of hydrogen-bond donors (Lipinski definition) is 0. The zero-order valence-electron chi connectivity index (χ0n) is 15.6. The van der Waals surface area contributed by atoms with E-state index in [1.165, 1.54) is 19.3 Å². The molecule has 0 bridgehead atoms. The average molecular weight is 360 g/mol. The van der Waals surface area contributed by atoms with Gasteiger partial charge in [0.05, 0.1) is 12.7 Å². The van der Waals surface area contributed by atoms with Crippen molar-refractivity contribution in [2.45, 2.75) is 38.0 Å². The Morgan fingerprint density at radius 1 is 0.889 bits per heavy atom. The summed E-state index contributed by atoms with van der Waals surface area (Å²) in [4.78, 5) is 13.0. The highest BCUT2D eigenvalue weighted by Gasteiger charge is 2.22. The van der Waals surface area contributed by atoms with Crippen LogP contribution in [0.15, 0.2) is 69.9 Å². The van der Waals surface area contributed by atoms with Crippen molar-refractivity contribution in [3.05, 3.63) is 76.8 Å². The van der Waals surface area contributed by atoms with Gasteiger partial charge in [0.15, 0.2) is 0 Å². The van der Waals surface area contributed by atoms with E-state index in [1.807, 2.05) is 54.6 Å². The van der Waals surface area contributed by atoms with Crippen LogP contribution in [0.25, 0.3) is 22.3 Å². The Labute approximate surface area is 159 Å². The van der Waals surface area contributed by atoms with Crippen LogP contribution >= 0.6 is 0 Å². The molecule has 1 aromatic heterocycles. The predicted octanol–water partition coefficient (Wildman–Crippen LogP) is 6.03. The molecule has 1 aliphatic carbocycles. The number of benzene rings is 2. The van der Waals surface area contributed by atoms with E-state index in [1.54, 1.807) is 7.11 Å². The van der Waals surface area contributed by atoms with E-state index in [4.69, 9.17) is 9.15 Å². The van der Waals surface area contributed by atoms with Crippen molar-refractivity contribution in [2.75, 3.05) is 7.11 Å². The first-order chi connectivity index (χ1) is 13.3. The van der Waals surface area contributed by atoms with E-state index in [0.717, 1.165) is 41.0 Å². The Bertz CT molecular complexity index is 949. The van der Waals surface area contributed by atoms with Crippen LogP contribution in [-0.2, 0) is 0 Å². The number of rotatable bonds is 4. The van der Waals surface area contributed by atoms with Crippen LogP contribution in [0.1, 0.15) is 43.8 Å². The van der Waals surface area contributed by atoms with Crippen LogP contribution < -0.4 is 10.4 Å². The third kappa shape index (κ3) is 3.68. The van der Waals surface area contributed by atoms with Crippen LogP contribution in [0, 0.1) is 0 Å². The van der Waals surface area contributed by atoms with Crippen molar-refractivity contribution in [1.29, 1.82) is 0 Å². The lowest BCUT2D eigenvalue weighted by atomic mass is 9.86. The Balaban J connectivity index is 1.87. The molecule has 0 N–H and O–H groups in total. The topological polar surface area (TPSA) is 39.4 Å². The molecule has 0 saturated heterocycles. The normalized spacial score (nSPS) is 14.9. The Kier molecular flexibility index (Phi) is 5.10. The first kappa shape index (κ1) is 17.6. The Hall–Kier alpha value is -2.81. The average Bonchev–Trinajstić information content (AvgIpc) is 2.74. The van der Waals surface area contributed by atoms with E-state index in [2.05, 4.69) is 6.07 Å². The molecule has 3 heteroatoms. The molecular weight excluding hydrogens is 336 g/mol. The predicted molar refractivity (Wildman–Crippen MR) is 108 cm³/mol. The molecular formula is C24H24O3. The van der Waals surface area contributed by atoms with Gasteiger partial charge in [-0.05, 0) is 42.2 Å². The highest BCUT2D eigenvalue weighted by Crippen LogP contribution is 2.37. The van der Waals surface area contributed by atoms with Crippen molar-refractivity contribution in [1.82, 2.24) is 0 Å². The van der Waals surface area contributed by atoms with Gasteiger partial charge < -0.3 is 9.15 Å². The minimum absolute atomic E-state index is 0.262. The van der Waals surface area contributed by atoms with Gasteiger partial charge in [-0.25, -0.2) is 4.79 Å². The molecule has 3 nitrogen and oxygen atoms in total. The minimum Gasteiger partial charge on any atom is -0.497 e. The quantitative estimate of drug-likeness (QED) is 0.570. The molecule has 4 rings (SSSR count). The van der Waals surface area contributed by atoms with Crippen molar-refractivity contribution in [3.63, 3.8) is 0 Å². The zero-order chi connectivity index (χ0) is 18.6. The summed E-state index contributed by atoms with van der Waals surface area (Å²) in [6.07, 6.45) is 5.87. The molecule has 2 aromatic carbocycles. The molecule has 1 aliphatic rings. The molecule has 0 radical (unpaired) electrons. The summed E-state index contributed by atoms with van der Waals surface area (Å²) < 4.78 is 11.1. The van der Waals surface area contributed by atoms with Gasteiger partial charge in [-0.3, -0.25) is 0 Å². The molecule has 1 heterocycles. The second kappa shape index (κ2) is 7.83. The lowest BCUT2D eigenvalue weighted by molar-refractivity contribution is 0.356. The van der Waals surface area contributed by atoms with Crippen LogP contribution in [-0.4, -0.2) is 7.11 Å². The number of methoxy groups -OCH3 is 1. The van der Waals surface area contributed by atoms with Gasteiger partial charge in [0.2, 0.25) is 0 Å². The lowest BCUT2D eigenvalue weighted by Gasteiger charge is -2.21. The van der Waals surface area contributed by atoms with E-state index >= 15 is 0 Å². The fraction of sp³-hybridized carbons (Fsp3) is 0.292. The summed E-state index contributed by atoms with van der Waals surface area (Å²) in [7, 11) is 1.64. The summed E-state index contributed by atoms with van der Waals surface area (Å²) in [5.41, 5.74) is 3.18. The first-order valence-corrected chi connectivity index (χ1v) is 9.64. The summed E-state index contributed by atoms with van der Waals surface area (Å²) in [6.45, 7) is 0. The standard InChI is InChI=1S/C24H24O3/c1-26-20-14-12-19(13-15-20)23-21(17-8-4-2-5-9-17)16-22(27-24(23)25)18-10-6-3-7-11-18/h2,4-5,8-9,12-16,18H,3,6-7,10-11H2,1H3. The van der Waals surface area contributed by atoms with Gasteiger partial charge in [-0.2, -0.15) is 0 Å². The highest BCUT2D eigenvalue weighted by molar-refractivity contribution is 5.82. The highest BCUT2D eigenvalue weighted by atomic mass is 16.5. The van der Waals surface area contributed by atoms with Crippen molar-refractivity contribution >= 4 is 0 Å². The largest absolute Gasteiger partial charge is 0.497 e. The SMILES string of the molecule is COc1ccc(-c2c(-c3ccccc3)cc(C3CCCCC3)oc2=O)cc1. The van der Waals surface area contributed by atoms with Crippen LogP contribution in [0.4, 0.5) is 0 Å². The molecule has 1 saturated carbocycles. The molecule has 27 heavy (non-hydrogen) atoms. The zero-order valence-corrected chi connectivity index (χ0v) is 15.6. The maximum Gasteiger partial charge on any atom is 0.344 e. The van der Waals surface area contributed by atoms with Crippen LogP contribution in [0.3, 0.4) is 0 Å². The molecule has 3 aromatic rings. The smallest absolute Gasteiger partial charge is 0.344 e. The first-order valence-electron chi connectivity index (χ1n) is 9.64. The Morgan fingerprint density at radius 2 is 1.59 bits per heavy atom. The fourth-order valence-electron chi connectivity index (χ4n) is 3.98.